The number of rotatable bonds is 7. The Morgan fingerprint density at radius 1 is 1.33 bits per heavy atom. The number of hydrogen-bond donors (Lipinski definition) is 2. The maximum absolute atomic E-state index is 11.0. The summed E-state index contributed by atoms with van der Waals surface area (Å²) in [4.78, 5) is 12.4. The molecular weight excluding hydrogens is 248 g/mol. The van der Waals surface area contributed by atoms with Crippen LogP contribution in [-0.2, 0) is 4.43 Å². The molecule has 0 unspecified atom stereocenters. The minimum atomic E-state index is -1.77. The molecule has 108 valence electrons. The molecule has 0 aliphatic carbocycles. The van der Waals surface area contributed by atoms with Crippen LogP contribution in [0.4, 0.5) is 4.79 Å². The maximum Gasteiger partial charge on any atom is 0.407 e. The van der Waals surface area contributed by atoms with Crippen LogP contribution in [0.2, 0.25) is 18.1 Å². The van der Waals surface area contributed by atoms with E-state index in [0.717, 1.165) is 0 Å². The summed E-state index contributed by atoms with van der Waals surface area (Å²) in [6.45, 7) is 12.9. The molecule has 5 nitrogen and oxygen atoms in total. The monoisotopic (exact) mass is 276 g/mol. The summed E-state index contributed by atoms with van der Waals surface area (Å²) >= 11 is 0. The van der Waals surface area contributed by atoms with Gasteiger partial charge in [-0.1, -0.05) is 20.8 Å². The number of carbonyl (C=O) groups is 1. The average Bonchev–Trinajstić information content (AvgIpc) is 2.20. The van der Waals surface area contributed by atoms with E-state index in [1.165, 1.54) is 4.90 Å². The predicted octanol–water partition coefficient (Wildman–Crippen LogP) is 2.21. The van der Waals surface area contributed by atoms with Gasteiger partial charge in [0.2, 0.25) is 0 Å². The molecule has 0 atom stereocenters. The van der Waals surface area contributed by atoms with Gasteiger partial charge < -0.3 is 19.7 Å². The first kappa shape index (κ1) is 17.4. The van der Waals surface area contributed by atoms with Gasteiger partial charge in [0.25, 0.3) is 0 Å². The van der Waals surface area contributed by atoms with Crippen LogP contribution in [0.3, 0.4) is 0 Å². The molecule has 0 spiro atoms. The fourth-order valence-electron chi connectivity index (χ4n) is 1.18. The molecule has 2 N–H and O–H groups in total. The third-order valence-electron chi connectivity index (χ3n) is 3.53. The number of nitrogens with zero attached hydrogens (tertiary/aromatic N) is 1. The number of hydrogen-bond acceptors (Lipinski definition) is 3. The second-order valence-electron chi connectivity index (χ2n) is 5.98. The van der Waals surface area contributed by atoms with Gasteiger partial charge in [0.05, 0.1) is 6.61 Å². The highest BCUT2D eigenvalue weighted by Crippen LogP contribution is 2.36. The van der Waals surface area contributed by atoms with Crippen molar-refractivity contribution in [2.45, 2.75) is 38.9 Å². The van der Waals surface area contributed by atoms with Crippen LogP contribution in [0.25, 0.3) is 0 Å². The Bertz CT molecular complexity index is 265. The van der Waals surface area contributed by atoms with Crippen molar-refractivity contribution in [3.05, 3.63) is 0 Å². The first-order chi connectivity index (χ1) is 8.12. The summed E-state index contributed by atoms with van der Waals surface area (Å²) in [5, 5.41) is 12.1. The van der Waals surface area contributed by atoms with Crippen molar-refractivity contribution in [2.75, 3.05) is 33.3 Å². The van der Waals surface area contributed by atoms with E-state index in [1.54, 1.807) is 0 Å². The van der Waals surface area contributed by atoms with E-state index in [-0.39, 0.29) is 5.04 Å². The molecule has 6 heteroatoms. The molecule has 0 aromatic rings. The van der Waals surface area contributed by atoms with Crippen molar-refractivity contribution in [1.29, 1.82) is 0 Å². The average molecular weight is 276 g/mol. The lowest BCUT2D eigenvalue weighted by molar-refractivity contribution is 0.134. The molecule has 0 aromatic carbocycles. The topological polar surface area (TPSA) is 61.8 Å². The number of amides is 1. The third kappa shape index (κ3) is 5.84. The van der Waals surface area contributed by atoms with Gasteiger partial charge in [-0.15, -0.1) is 0 Å². The zero-order valence-electron chi connectivity index (χ0n) is 12.5. The molecule has 0 bridgehead atoms. The summed E-state index contributed by atoms with van der Waals surface area (Å²) in [6, 6.07) is 0. The van der Waals surface area contributed by atoms with Gasteiger partial charge in [-0.2, -0.15) is 0 Å². The van der Waals surface area contributed by atoms with Gasteiger partial charge in [-0.25, -0.2) is 4.79 Å². The number of nitrogens with one attached hydrogen (secondary N) is 1. The normalized spacial score (nSPS) is 12.6. The number of carboxylic acid groups (broad SMARTS) is 1. The van der Waals surface area contributed by atoms with E-state index in [0.29, 0.717) is 26.2 Å². The molecule has 0 saturated heterocycles. The molecule has 0 fully saturated rings. The molecule has 0 heterocycles. The Morgan fingerprint density at radius 3 is 2.28 bits per heavy atom. The molecular formula is C12H28N2O3Si. The van der Waals surface area contributed by atoms with Crippen LogP contribution >= 0.6 is 0 Å². The first-order valence-corrected chi connectivity index (χ1v) is 9.29. The van der Waals surface area contributed by atoms with Crippen LogP contribution in [0, 0.1) is 0 Å². The van der Waals surface area contributed by atoms with Gasteiger partial charge >= 0.3 is 6.09 Å². The molecule has 18 heavy (non-hydrogen) atoms. The van der Waals surface area contributed by atoms with Gasteiger partial charge in [0.1, 0.15) is 0 Å². The fourth-order valence-corrected chi connectivity index (χ4v) is 2.21. The van der Waals surface area contributed by atoms with Crippen molar-refractivity contribution in [1.82, 2.24) is 10.2 Å². The lowest BCUT2D eigenvalue weighted by Crippen LogP contribution is -2.44. The summed E-state index contributed by atoms with van der Waals surface area (Å²) in [5.74, 6) is 0. The molecule has 0 rings (SSSR count). The van der Waals surface area contributed by atoms with E-state index in [9.17, 15) is 4.79 Å². The maximum atomic E-state index is 11.0. The van der Waals surface area contributed by atoms with E-state index in [2.05, 4.69) is 39.2 Å². The van der Waals surface area contributed by atoms with E-state index in [1.807, 2.05) is 7.05 Å². The quantitative estimate of drug-likeness (QED) is 0.700. The van der Waals surface area contributed by atoms with Crippen molar-refractivity contribution < 1.29 is 14.3 Å². The van der Waals surface area contributed by atoms with Crippen molar-refractivity contribution >= 4 is 14.4 Å². The predicted molar refractivity (Wildman–Crippen MR) is 76.7 cm³/mol. The Labute approximate surface area is 112 Å². The summed E-state index contributed by atoms with van der Waals surface area (Å²) < 4.78 is 5.97. The van der Waals surface area contributed by atoms with E-state index in [4.69, 9.17) is 9.53 Å². The van der Waals surface area contributed by atoms with Crippen molar-refractivity contribution in [3.8, 4) is 0 Å². The second-order valence-corrected chi connectivity index (χ2v) is 10.8. The van der Waals surface area contributed by atoms with Crippen LogP contribution in [0.15, 0.2) is 0 Å². The molecule has 1 amide bonds. The highest BCUT2D eigenvalue weighted by molar-refractivity contribution is 6.74. The molecule has 0 saturated carbocycles. The van der Waals surface area contributed by atoms with Gasteiger partial charge in [-0.3, -0.25) is 0 Å². The third-order valence-corrected chi connectivity index (χ3v) is 8.07. The fraction of sp³-hybridized carbons (Fsp3) is 0.917. The van der Waals surface area contributed by atoms with Gasteiger partial charge in [0, 0.05) is 19.6 Å². The second kappa shape index (κ2) is 7.11. The lowest BCUT2D eigenvalue weighted by Gasteiger charge is -2.36. The van der Waals surface area contributed by atoms with Crippen LogP contribution in [0.1, 0.15) is 20.8 Å². The van der Waals surface area contributed by atoms with E-state index < -0.39 is 14.4 Å². The first-order valence-electron chi connectivity index (χ1n) is 6.38. The van der Waals surface area contributed by atoms with Crippen LogP contribution in [-0.4, -0.2) is 57.7 Å². The van der Waals surface area contributed by atoms with Crippen molar-refractivity contribution in [2.24, 2.45) is 0 Å². The molecule has 0 aromatic heterocycles. The Morgan fingerprint density at radius 2 is 1.89 bits per heavy atom. The number of likely N-dealkylation sites (N-methyl/N-ethyl adjacent to an activating group) is 1. The molecule has 0 aliphatic heterocycles. The van der Waals surface area contributed by atoms with Gasteiger partial charge in [-0.05, 0) is 25.2 Å². The Balaban J connectivity index is 4.18. The Kier molecular flexibility index (Phi) is 6.87. The summed E-state index contributed by atoms with van der Waals surface area (Å²) in [6.07, 6.45) is -0.885. The minimum absolute atomic E-state index is 0.159. The van der Waals surface area contributed by atoms with Gasteiger partial charge in [0.15, 0.2) is 8.32 Å². The minimum Gasteiger partial charge on any atom is -0.465 e. The standard InChI is InChI=1S/C12H28N2O3Si/c1-12(2,3)18(5,6)17-10-9-14(11(15)16)8-7-13-4/h13H,7-10H2,1-6H3,(H,15,16). The highest BCUT2D eigenvalue weighted by Gasteiger charge is 2.37. The zero-order valence-corrected chi connectivity index (χ0v) is 13.5. The zero-order chi connectivity index (χ0) is 14.4. The summed E-state index contributed by atoms with van der Waals surface area (Å²) in [5.41, 5.74) is 0. The highest BCUT2D eigenvalue weighted by atomic mass is 28.4. The lowest BCUT2D eigenvalue weighted by atomic mass is 10.2. The van der Waals surface area contributed by atoms with Crippen LogP contribution < -0.4 is 5.32 Å². The Hall–Kier alpha value is -0.593. The van der Waals surface area contributed by atoms with Crippen LogP contribution in [0.5, 0.6) is 0 Å². The smallest absolute Gasteiger partial charge is 0.407 e. The summed E-state index contributed by atoms with van der Waals surface area (Å²) in [7, 11) is 0.0387. The molecule has 0 aliphatic rings. The SMILES string of the molecule is CNCCN(CCO[Si](C)(C)C(C)(C)C)C(=O)O. The van der Waals surface area contributed by atoms with E-state index >= 15 is 0 Å². The van der Waals surface area contributed by atoms with Crippen molar-refractivity contribution in [3.63, 3.8) is 0 Å². The largest absolute Gasteiger partial charge is 0.465 e. The molecule has 0 radical (unpaired) electrons.